The predicted molar refractivity (Wildman–Crippen MR) is 72.7 cm³/mol. The smallest absolute Gasteiger partial charge is 0.248 e. The first kappa shape index (κ1) is 14.5. The second kappa shape index (κ2) is 5.61. The summed E-state index contributed by atoms with van der Waals surface area (Å²) < 4.78 is 28.4. The van der Waals surface area contributed by atoms with E-state index in [9.17, 15) is 8.42 Å². The largest absolute Gasteiger partial charge is 0.260 e. The maximum atomic E-state index is 12.6. The molecule has 19 heavy (non-hydrogen) atoms. The summed E-state index contributed by atoms with van der Waals surface area (Å²) in [7, 11) is -2.02. The van der Waals surface area contributed by atoms with E-state index in [-0.39, 0.29) is 17.5 Å². The second-order valence-electron chi connectivity index (χ2n) is 4.57. The van der Waals surface area contributed by atoms with Crippen molar-refractivity contribution in [2.75, 3.05) is 6.54 Å². The zero-order chi connectivity index (χ0) is 14.0. The molecule has 0 saturated heterocycles. The fourth-order valence-electron chi connectivity index (χ4n) is 2.37. The molecule has 1 aliphatic rings. The first-order valence-electron chi connectivity index (χ1n) is 6.04. The van der Waals surface area contributed by atoms with Gasteiger partial charge in [0.05, 0.1) is 12.3 Å². The minimum absolute atomic E-state index is 0.0724. The lowest BCUT2D eigenvalue weighted by atomic mass is 10.2. The Morgan fingerprint density at radius 2 is 2.21 bits per heavy atom. The van der Waals surface area contributed by atoms with Crippen LogP contribution in [0.15, 0.2) is 15.7 Å². The van der Waals surface area contributed by atoms with Crippen molar-refractivity contribution in [1.82, 2.24) is 14.1 Å². The Balaban J connectivity index is 2.40. The topological polar surface area (TPSA) is 79.0 Å². The summed E-state index contributed by atoms with van der Waals surface area (Å²) in [6.45, 7) is -0.117. The number of hydrogen-bond acceptors (Lipinski definition) is 4. The van der Waals surface area contributed by atoms with E-state index in [1.54, 1.807) is 7.05 Å². The number of halogens is 1. The molecule has 1 saturated carbocycles. The van der Waals surface area contributed by atoms with Gasteiger partial charge in [0.25, 0.3) is 0 Å². The van der Waals surface area contributed by atoms with E-state index in [1.807, 2.05) is 6.07 Å². The van der Waals surface area contributed by atoms with Crippen LogP contribution in [0.1, 0.15) is 25.7 Å². The third kappa shape index (κ3) is 2.68. The first-order chi connectivity index (χ1) is 8.98. The van der Waals surface area contributed by atoms with Gasteiger partial charge in [0.2, 0.25) is 10.0 Å². The van der Waals surface area contributed by atoms with E-state index in [2.05, 4.69) is 21.0 Å². The van der Waals surface area contributed by atoms with Crippen LogP contribution in [0.2, 0.25) is 0 Å². The van der Waals surface area contributed by atoms with Gasteiger partial charge in [-0.3, -0.25) is 4.68 Å². The van der Waals surface area contributed by atoms with Crippen molar-refractivity contribution in [2.45, 2.75) is 36.6 Å². The Bertz CT molecular complexity index is 599. The maximum Gasteiger partial charge on any atom is 0.248 e. The molecule has 6 nitrogen and oxygen atoms in total. The molecule has 0 spiro atoms. The van der Waals surface area contributed by atoms with Gasteiger partial charge in [-0.25, -0.2) is 8.42 Å². The number of sulfonamides is 1. The highest BCUT2D eigenvalue weighted by molar-refractivity contribution is 9.10. The van der Waals surface area contributed by atoms with Crippen LogP contribution in [-0.2, 0) is 17.1 Å². The van der Waals surface area contributed by atoms with Crippen molar-refractivity contribution in [3.05, 3.63) is 10.8 Å². The van der Waals surface area contributed by atoms with E-state index in [1.165, 1.54) is 15.2 Å². The lowest BCUT2D eigenvalue weighted by Crippen LogP contribution is -2.39. The maximum absolute atomic E-state index is 12.6. The highest BCUT2D eigenvalue weighted by Crippen LogP contribution is 2.30. The van der Waals surface area contributed by atoms with Crippen molar-refractivity contribution in [3.63, 3.8) is 0 Å². The molecule has 8 heteroatoms. The highest BCUT2D eigenvalue weighted by atomic mass is 79.9. The van der Waals surface area contributed by atoms with Gasteiger partial charge >= 0.3 is 0 Å². The third-order valence-electron chi connectivity index (χ3n) is 3.38. The van der Waals surface area contributed by atoms with E-state index in [4.69, 9.17) is 5.26 Å². The molecule has 1 aromatic rings. The molecule has 0 amide bonds. The van der Waals surface area contributed by atoms with Crippen LogP contribution in [0.4, 0.5) is 0 Å². The van der Waals surface area contributed by atoms with Gasteiger partial charge in [0.1, 0.15) is 16.0 Å². The number of hydrogen-bond donors (Lipinski definition) is 0. The van der Waals surface area contributed by atoms with Crippen LogP contribution in [0.5, 0.6) is 0 Å². The van der Waals surface area contributed by atoms with Crippen LogP contribution in [0.25, 0.3) is 0 Å². The normalized spacial score (nSPS) is 16.9. The fraction of sp³-hybridized carbons (Fsp3) is 0.636. The van der Waals surface area contributed by atoms with Crippen LogP contribution in [-0.4, -0.2) is 35.1 Å². The Morgan fingerprint density at radius 1 is 1.58 bits per heavy atom. The van der Waals surface area contributed by atoms with Gasteiger partial charge in [-0.15, -0.1) is 0 Å². The van der Waals surface area contributed by atoms with E-state index >= 15 is 0 Å². The molecule has 1 aliphatic carbocycles. The fourth-order valence-corrected chi connectivity index (χ4v) is 4.79. The van der Waals surface area contributed by atoms with Crippen molar-refractivity contribution in [3.8, 4) is 6.07 Å². The minimum atomic E-state index is -3.68. The molecule has 0 atom stereocenters. The van der Waals surface area contributed by atoms with Gasteiger partial charge in [-0.2, -0.15) is 14.7 Å². The second-order valence-corrected chi connectivity index (χ2v) is 7.18. The van der Waals surface area contributed by atoms with E-state index in [0.29, 0.717) is 4.60 Å². The number of nitrogens with zero attached hydrogens (tertiary/aromatic N) is 4. The van der Waals surface area contributed by atoms with Crippen molar-refractivity contribution in [2.24, 2.45) is 7.05 Å². The van der Waals surface area contributed by atoms with Crippen LogP contribution < -0.4 is 0 Å². The summed E-state index contributed by atoms with van der Waals surface area (Å²) in [6, 6.07) is 1.88. The Hall–Kier alpha value is -0.910. The Morgan fingerprint density at radius 3 is 2.68 bits per heavy atom. The molecule has 0 aromatic carbocycles. The molecule has 0 unspecified atom stereocenters. The lowest BCUT2D eigenvalue weighted by Gasteiger charge is -2.25. The average Bonchev–Trinajstić information content (AvgIpc) is 2.98. The number of rotatable bonds is 4. The molecule has 0 bridgehead atoms. The molecular weight excluding hydrogens is 332 g/mol. The van der Waals surface area contributed by atoms with Gasteiger partial charge in [0.15, 0.2) is 0 Å². The average molecular weight is 347 g/mol. The Labute approximate surface area is 121 Å². The molecule has 1 fully saturated rings. The molecule has 0 N–H and O–H groups in total. The standard InChI is InChI=1S/C11H15BrN4O2S/c1-15-11(12)10(8-14-15)19(17,18)16(7-6-13)9-4-2-3-5-9/h8-9H,2-5,7H2,1H3. The molecule has 0 aliphatic heterocycles. The van der Waals surface area contributed by atoms with E-state index in [0.717, 1.165) is 25.7 Å². The van der Waals surface area contributed by atoms with Crippen LogP contribution >= 0.6 is 15.9 Å². The molecular formula is C11H15BrN4O2S. The lowest BCUT2D eigenvalue weighted by molar-refractivity contribution is 0.350. The number of aryl methyl sites for hydroxylation is 1. The summed E-state index contributed by atoms with van der Waals surface area (Å²) >= 11 is 3.23. The monoisotopic (exact) mass is 346 g/mol. The number of nitriles is 1. The Kier molecular flexibility index (Phi) is 4.28. The first-order valence-corrected chi connectivity index (χ1v) is 8.28. The third-order valence-corrected chi connectivity index (χ3v) is 6.48. The van der Waals surface area contributed by atoms with Crippen molar-refractivity contribution in [1.29, 1.82) is 5.26 Å². The van der Waals surface area contributed by atoms with Crippen LogP contribution in [0.3, 0.4) is 0 Å². The SMILES string of the molecule is Cn1ncc(S(=O)(=O)N(CC#N)C2CCCC2)c1Br. The van der Waals surface area contributed by atoms with E-state index < -0.39 is 10.0 Å². The van der Waals surface area contributed by atoms with Gasteiger partial charge in [-0.05, 0) is 28.8 Å². The summed E-state index contributed by atoms with van der Waals surface area (Å²) in [6.07, 6.45) is 4.98. The van der Waals surface area contributed by atoms with Gasteiger partial charge in [0, 0.05) is 13.1 Å². The molecule has 1 heterocycles. The zero-order valence-corrected chi connectivity index (χ0v) is 13.0. The minimum Gasteiger partial charge on any atom is -0.260 e. The molecule has 104 valence electrons. The predicted octanol–water partition coefficient (Wildman–Crippen LogP) is 1.64. The molecule has 0 radical (unpaired) electrons. The molecule has 2 rings (SSSR count). The van der Waals surface area contributed by atoms with Crippen LogP contribution in [0, 0.1) is 11.3 Å². The van der Waals surface area contributed by atoms with Crippen molar-refractivity contribution >= 4 is 26.0 Å². The summed E-state index contributed by atoms with van der Waals surface area (Å²) in [5.41, 5.74) is 0. The summed E-state index contributed by atoms with van der Waals surface area (Å²) in [5.74, 6) is 0. The summed E-state index contributed by atoms with van der Waals surface area (Å²) in [4.78, 5) is 0.122. The van der Waals surface area contributed by atoms with Crippen molar-refractivity contribution < 1.29 is 8.42 Å². The molecule has 1 aromatic heterocycles. The highest BCUT2D eigenvalue weighted by Gasteiger charge is 2.35. The van der Waals surface area contributed by atoms with Gasteiger partial charge in [-0.1, -0.05) is 12.8 Å². The summed E-state index contributed by atoms with van der Waals surface area (Å²) in [5, 5.41) is 12.8. The quantitative estimate of drug-likeness (QED) is 0.776. The zero-order valence-electron chi connectivity index (χ0n) is 10.6. The van der Waals surface area contributed by atoms with Gasteiger partial charge < -0.3 is 0 Å². The number of aromatic nitrogens is 2.